The summed E-state index contributed by atoms with van der Waals surface area (Å²) in [6.45, 7) is 4.03. The molecule has 26 heavy (non-hydrogen) atoms. The van der Waals surface area contributed by atoms with E-state index in [-0.39, 0.29) is 24.8 Å². The molecule has 0 spiro atoms. The summed E-state index contributed by atoms with van der Waals surface area (Å²) in [7, 11) is 0. The molecule has 1 aromatic rings. The monoisotopic (exact) mass is 382 g/mol. The molecular weight excluding hydrogens is 356 g/mol. The van der Waals surface area contributed by atoms with Crippen molar-refractivity contribution < 1.29 is 19.8 Å². The van der Waals surface area contributed by atoms with Gasteiger partial charge in [0, 0.05) is 13.1 Å². The standard InChI is InChI=1S/C19H27ClN2O4/c1-3-16(24)15(20)9-13(11-23)19(26)22-10-12-7-5-6-8-14(12)17(22)18(25)21-4-2/h5-8,13,15-17,23-24H,3-4,9-11H2,1-2H3,(H,21,25). The summed E-state index contributed by atoms with van der Waals surface area (Å²) in [6.07, 6.45) is -0.119. The van der Waals surface area contributed by atoms with E-state index in [0.717, 1.165) is 11.1 Å². The molecule has 1 aliphatic rings. The van der Waals surface area contributed by atoms with Gasteiger partial charge in [0.1, 0.15) is 6.04 Å². The SMILES string of the molecule is CCNC(=O)C1c2ccccc2CN1C(=O)C(CO)CC(Cl)C(O)CC. The summed E-state index contributed by atoms with van der Waals surface area (Å²) in [4.78, 5) is 27.1. The highest BCUT2D eigenvalue weighted by molar-refractivity contribution is 6.21. The van der Waals surface area contributed by atoms with Crippen LogP contribution in [0.3, 0.4) is 0 Å². The van der Waals surface area contributed by atoms with Gasteiger partial charge in [0.05, 0.1) is 24.0 Å². The number of aliphatic hydroxyl groups excluding tert-OH is 2. The van der Waals surface area contributed by atoms with Crippen LogP contribution in [0.1, 0.15) is 43.9 Å². The molecule has 0 radical (unpaired) electrons. The third-order valence-corrected chi connectivity index (χ3v) is 5.27. The van der Waals surface area contributed by atoms with Crippen molar-refractivity contribution in [1.29, 1.82) is 0 Å². The number of nitrogens with one attached hydrogen (secondary N) is 1. The molecule has 7 heteroatoms. The van der Waals surface area contributed by atoms with Gasteiger partial charge in [0.15, 0.2) is 0 Å². The lowest BCUT2D eigenvalue weighted by Crippen LogP contribution is -2.44. The van der Waals surface area contributed by atoms with Crippen LogP contribution in [0.2, 0.25) is 0 Å². The Morgan fingerprint density at radius 2 is 2.04 bits per heavy atom. The molecule has 0 saturated heterocycles. The Morgan fingerprint density at radius 1 is 1.35 bits per heavy atom. The quantitative estimate of drug-likeness (QED) is 0.595. The number of alkyl halides is 1. The fraction of sp³-hybridized carbons (Fsp3) is 0.579. The molecule has 1 aromatic carbocycles. The van der Waals surface area contributed by atoms with Crippen molar-refractivity contribution in [3.05, 3.63) is 35.4 Å². The minimum Gasteiger partial charge on any atom is -0.396 e. The zero-order chi connectivity index (χ0) is 19.3. The molecule has 1 heterocycles. The number of aliphatic hydroxyl groups is 2. The maximum absolute atomic E-state index is 13.1. The highest BCUT2D eigenvalue weighted by atomic mass is 35.5. The maximum atomic E-state index is 13.1. The topological polar surface area (TPSA) is 89.9 Å². The third-order valence-electron chi connectivity index (χ3n) is 4.80. The van der Waals surface area contributed by atoms with E-state index in [0.29, 0.717) is 19.5 Å². The molecule has 2 rings (SSSR count). The average molecular weight is 383 g/mol. The number of hydrogen-bond acceptors (Lipinski definition) is 4. The molecule has 0 saturated carbocycles. The predicted octanol–water partition coefficient (Wildman–Crippen LogP) is 1.58. The number of halogens is 1. The molecule has 4 unspecified atom stereocenters. The van der Waals surface area contributed by atoms with Gasteiger partial charge in [-0.2, -0.15) is 0 Å². The molecule has 0 aliphatic carbocycles. The highest BCUT2D eigenvalue weighted by Gasteiger charge is 2.40. The Kier molecular flexibility index (Phi) is 7.43. The Bertz CT molecular complexity index is 640. The van der Waals surface area contributed by atoms with Crippen LogP contribution in [-0.4, -0.2) is 51.6 Å². The van der Waals surface area contributed by atoms with Crippen LogP contribution in [0.5, 0.6) is 0 Å². The third kappa shape index (κ3) is 4.37. The van der Waals surface area contributed by atoms with Crippen molar-refractivity contribution in [3.8, 4) is 0 Å². The first-order valence-corrected chi connectivity index (χ1v) is 9.47. The van der Waals surface area contributed by atoms with Gasteiger partial charge in [-0.25, -0.2) is 0 Å². The lowest BCUT2D eigenvalue weighted by atomic mass is 9.98. The van der Waals surface area contributed by atoms with Gasteiger partial charge in [-0.3, -0.25) is 9.59 Å². The van der Waals surface area contributed by atoms with Crippen LogP contribution in [0, 0.1) is 5.92 Å². The largest absolute Gasteiger partial charge is 0.396 e. The summed E-state index contributed by atoms with van der Waals surface area (Å²) in [5.41, 5.74) is 1.73. The number of rotatable bonds is 8. The number of nitrogens with zero attached hydrogens (tertiary/aromatic N) is 1. The number of fused-ring (bicyclic) bond motifs is 1. The lowest BCUT2D eigenvalue weighted by molar-refractivity contribution is -0.145. The molecule has 0 aromatic heterocycles. The lowest BCUT2D eigenvalue weighted by Gasteiger charge is -2.29. The fourth-order valence-electron chi connectivity index (χ4n) is 3.32. The molecular formula is C19H27ClN2O4. The summed E-state index contributed by atoms with van der Waals surface area (Å²) < 4.78 is 0. The normalized spacial score (nSPS) is 19.6. The molecule has 0 bridgehead atoms. The van der Waals surface area contributed by atoms with Gasteiger partial charge in [-0.1, -0.05) is 31.2 Å². The first-order chi connectivity index (χ1) is 12.4. The number of benzene rings is 1. The van der Waals surface area contributed by atoms with Gasteiger partial charge < -0.3 is 20.4 Å². The van der Waals surface area contributed by atoms with Crippen molar-refractivity contribution in [3.63, 3.8) is 0 Å². The second kappa shape index (κ2) is 9.35. The maximum Gasteiger partial charge on any atom is 0.247 e. The van der Waals surface area contributed by atoms with Gasteiger partial charge in [0.2, 0.25) is 11.8 Å². The molecule has 4 atom stereocenters. The smallest absolute Gasteiger partial charge is 0.247 e. The van der Waals surface area contributed by atoms with Crippen molar-refractivity contribution in [2.45, 2.75) is 50.8 Å². The van der Waals surface area contributed by atoms with Crippen molar-refractivity contribution in [2.75, 3.05) is 13.2 Å². The molecule has 3 N–H and O–H groups in total. The van der Waals surface area contributed by atoms with Crippen LogP contribution in [0.15, 0.2) is 24.3 Å². The minimum atomic E-state index is -0.759. The van der Waals surface area contributed by atoms with Crippen LogP contribution in [0.25, 0.3) is 0 Å². The van der Waals surface area contributed by atoms with E-state index in [4.69, 9.17) is 11.6 Å². The molecule has 1 aliphatic heterocycles. The second-order valence-corrected chi connectivity index (χ2v) is 7.13. The van der Waals surface area contributed by atoms with E-state index in [2.05, 4.69) is 5.32 Å². The average Bonchev–Trinajstić information content (AvgIpc) is 3.04. The van der Waals surface area contributed by atoms with E-state index < -0.39 is 23.4 Å². The Hall–Kier alpha value is -1.63. The molecule has 144 valence electrons. The van der Waals surface area contributed by atoms with E-state index in [9.17, 15) is 19.8 Å². The summed E-state index contributed by atoms with van der Waals surface area (Å²) in [5, 5.41) is 21.7. The van der Waals surface area contributed by atoms with E-state index >= 15 is 0 Å². The fourth-order valence-corrected chi connectivity index (χ4v) is 3.71. The van der Waals surface area contributed by atoms with Gasteiger partial charge in [0.25, 0.3) is 0 Å². The minimum absolute atomic E-state index is 0.154. The zero-order valence-electron chi connectivity index (χ0n) is 15.2. The summed E-state index contributed by atoms with van der Waals surface area (Å²) in [5.74, 6) is -1.32. The first-order valence-electron chi connectivity index (χ1n) is 9.03. The predicted molar refractivity (Wildman–Crippen MR) is 99.5 cm³/mol. The van der Waals surface area contributed by atoms with Crippen molar-refractivity contribution in [2.24, 2.45) is 5.92 Å². The Morgan fingerprint density at radius 3 is 2.65 bits per heavy atom. The van der Waals surface area contributed by atoms with E-state index in [1.165, 1.54) is 4.90 Å². The van der Waals surface area contributed by atoms with Gasteiger partial charge >= 0.3 is 0 Å². The number of hydrogen-bond donors (Lipinski definition) is 3. The summed E-state index contributed by atoms with van der Waals surface area (Å²) in [6, 6.07) is 6.75. The van der Waals surface area contributed by atoms with Gasteiger partial charge in [-0.05, 0) is 30.9 Å². The van der Waals surface area contributed by atoms with Gasteiger partial charge in [-0.15, -0.1) is 11.6 Å². The van der Waals surface area contributed by atoms with Crippen molar-refractivity contribution in [1.82, 2.24) is 10.2 Å². The van der Waals surface area contributed by atoms with E-state index in [1.54, 1.807) is 6.92 Å². The number of carbonyl (C=O) groups excluding carboxylic acids is 2. The van der Waals surface area contributed by atoms with Crippen LogP contribution < -0.4 is 5.32 Å². The number of carbonyl (C=O) groups is 2. The number of likely N-dealkylation sites (N-methyl/N-ethyl adjacent to an activating group) is 1. The Balaban J connectivity index is 2.23. The summed E-state index contributed by atoms with van der Waals surface area (Å²) >= 11 is 6.18. The van der Waals surface area contributed by atoms with Crippen molar-refractivity contribution >= 4 is 23.4 Å². The number of amides is 2. The Labute approximate surface area is 159 Å². The second-order valence-electron chi connectivity index (χ2n) is 6.57. The van der Waals surface area contributed by atoms with Crippen LogP contribution in [0.4, 0.5) is 0 Å². The van der Waals surface area contributed by atoms with Crippen LogP contribution in [-0.2, 0) is 16.1 Å². The molecule has 2 amide bonds. The first kappa shape index (κ1) is 20.7. The van der Waals surface area contributed by atoms with Crippen LogP contribution >= 0.6 is 11.6 Å². The highest BCUT2D eigenvalue weighted by Crippen LogP contribution is 2.35. The molecule has 6 nitrogen and oxygen atoms in total. The van der Waals surface area contributed by atoms with E-state index in [1.807, 2.05) is 31.2 Å². The zero-order valence-corrected chi connectivity index (χ0v) is 15.9. The molecule has 0 fully saturated rings.